The quantitative estimate of drug-likeness (QED) is 0.467. The van der Waals surface area contributed by atoms with E-state index in [1.54, 1.807) is 0 Å². The molecule has 0 bridgehead atoms. The van der Waals surface area contributed by atoms with Crippen LogP contribution in [0.25, 0.3) is 0 Å². The fraction of sp³-hybridized carbons (Fsp3) is 0.500. The van der Waals surface area contributed by atoms with E-state index in [0.29, 0.717) is 5.92 Å². The Bertz CT molecular complexity index is 423. The van der Waals surface area contributed by atoms with Gasteiger partial charge < -0.3 is 4.74 Å². The van der Waals surface area contributed by atoms with Crippen LogP contribution in [0.5, 0.6) is 5.75 Å². The third kappa shape index (κ3) is 4.92. The largest absolute Gasteiger partial charge is 0.453 e. The van der Waals surface area contributed by atoms with Crippen molar-refractivity contribution in [2.75, 3.05) is 0 Å². The van der Waals surface area contributed by atoms with Gasteiger partial charge in [-0.25, -0.2) is 8.78 Å². The molecular formula is C14H15F2O2Y-. The molecule has 0 atom stereocenters. The molecule has 1 fully saturated rings. The smallest absolute Gasteiger partial charge is 0.312 e. The first-order valence-electron chi connectivity index (χ1n) is 6.14. The number of rotatable bonds is 2. The first kappa shape index (κ1) is 16.7. The first-order chi connectivity index (χ1) is 8.54. The number of ether oxygens (including phenoxy) is 1. The summed E-state index contributed by atoms with van der Waals surface area (Å²) in [7, 11) is 0. The summed E-state index contributed by atoms with van der Waals surface area (Å²) in [6.07, 6.45) is 3.55. The molecule has 0 amide bonds. The van der Waals surface area contributed by atoms with Gasteiger partial charge in [0, 0.05) is 50.1 Å². The predicted octanol–water partition coefficient (Wildman–Crippen LogP) is 3.49. The fourth-order valence-corrected chi connectivity index (χ4v) is 2.23. The zero-order chi connectivity index (χ0) is 13.1. The monoisotopic (exact) mass is 342 g/mol. The maximum atomic E-state index is 12.9. The molecular weight excluding hydrogens is 327 g/mol. The molecule has 2 nitrogen and oxygen atoms in total. The van der Waals surface area contributed by atoms with Crippen molar-refractivity contribution in [3.8, 4) is 5.75 Å². The first-order valence-corrected chi connectivity index (χ1v) is 6.14. The molecule has 1 aromatic rings. The Hall–Kier alpha value is -0.346. The minimum absolute atomic E-state index is 0. The van der Waals surface area contributed by atoms with E-state index < -0.39 is 17.6 Å². The molecule has 1 saturated carbocycles. The van der Waals surface area contributed by atoms with Gasteiger partial charge in [-0.3, -0.25) is 4.79 Å². The Morgan fingerprint density at radius 1 is 1.21 bits per heavy atom. The Morgan fingerprint density at radius 2 is 1.74 bits per heavy atom. The normalized spacial score (nSPS) is 22.5. The molecule has 0 aromatic heterocycles. The van der Waals surface area contributed by atoms with Crippen molar-refractivity contribution in [3.05, 3.63) is 29.8 Å². The van der Waals surface area contributed by atoms with E-state index in [0.717, 1.165) is 37.8 Å². The van der Waals surface area contributed by atoms with Gasteiger partial charge in [-0.15, -0.1) is 6.07 Å². The number of esters is 1. The van der Waals surface area contributed by atoms with Crippen LogP contribution >= 0.6 is 0 Å². The van der Waals surface area contributed by atoms with Crippen molar-refractivity contribution in [1.29, 1.82) is 0 Å². The molecule has 0 N–H and O–H groups in total. The summed E-state index contributed by atoms with van der Waals surface area (Å²) in [5, 5.41) is 0. The van der Waals surface area contributed by atoms with Crippen LogP contribution in [0, 0.1) is 29.5 Å². The number of benzene rings is 1. The van der Waals surface area contributed by atoms with E-state index in [4.69, 9.17) is 4.74 Å². The number of carbonyl (C=O) groups is 1. The maximum absolute atomic E-state index is 12.9. The standard InChI is InChI=1S/C14H15F2O2.Y/c1-9-2-4-10(5-3-9)14(17)18-13-7-11(15)6-12(16)8-13;/h7-10H,2-5H2,1H3;/q-1;. The van der Waals surface area contributed by atoms with E-state index in [1.807, 2.05) is 6.07 Å². The van der Waals surface area contributed by atoms with Gasteiger partial charge in [-0.2, -0.15) is 0 Å². The summed E-state index contributed by atoms with van der Waals surface area (Å²) >= 11 is 0. The number of halogens is 2. The third-order valence-electron chi connectivity index (χ3n) is 3.34. The number of carbonyl (C=O) groups excluding carboxylic acids is 1. The van der Waals surface area contributed by atoms with Gasteiger partial charge in [-0.1, -0.05) is 19.1 Å². The maximum Gasteiger partial charge on any atom is 0.312 e. The van der Waals surface area contributed by atoms with Gasteiger partial charge in [0.05, 0.1) is 5.92 Å². The van der Waals surface area contributed by atoms with Crippen LogP contribution in [0.3, 0.4) is 0 Å². The van der Waals surface area contributed by atoms with E-state index >= 15 is 0 Å². The summed E-state index contributed by atoms with van der Waals surface area (Å²) < 4.78 is 30.8. The van der Waals surface area contributed by atoms with Gasteiger partial charge in [-0.05, 0) is 31.6 Å². The van der Waals surface area contributed by atoms with Gasteiger partial charge in [0.25, 0.3) is 0 Å². The number of hydrogen-bond acceptors (Lipinski definition) is 2. The molecule has 1 aliphatic rings. The molecule has 0 aliphatic heterocycles. The molecule has 5 heteroatoms. The molecule has 0 spiro atoms. The Balaban J connectivity index is 0.00000180. The van der Waals surface area contributed by atoms with Gasteiger partial charge in [0.2, 0.25) is 0 Å². The Kier molecular flexibility index (Phi) is 6.54. The van der Waals surface area contributed by atoms with Crippen LogP contribution in [-0.2, 0) is 37.5 Å². The molecule has 0 heterocycles. The molecule has 1 aliphatic carbocycles. The van der Waals surface area contributed by atoms with Gasteiger partial charge in [0.1, 0.15) is 0 Å². The second-order valence-electron chi connectivity index (χ2n) is 4.89. The zero-order valence-electron chi connectivity index (χ0n) is 10.8. The zero-order valence-corrected chi connectivity index (χ0v) is 13.6. The second kappa shape index (κ2) is 7.44. The topological polar surface area (TPSA) is 26.3 Å². The summed E-state index contributed by atoms with van der Waals surface area (Å²) in [6.45, 7) is 2.15. The second-order valence-corrected chi connectivity index (χ2v) is 4.89. The van der Waals surface area contributed by atoms with Crippen molar-refractivity contribution in [1.82, 2.24) is 0 Å². The van der Waals surface area contributed by atoms with Crippen molar-refractivity contribution < 1.29 is 51.0 Å². The average Bonchev–Trinajstić information content (AvgIpc) is 2.28. The van der Waals surface area contributed by atoms with Crippen molar-refractivity contribution in [2.24, 2.45) is 11.8 Å². The minimum Gasteiger partial charge on any atom is -0.453 e. The number of hydrogen-bond donors (Lipinski definition) is 0. The van der Waals surface area contributed by atoms with Crippen molar-refractivity contribution >= 4 is 5.97 Å². The van der Waals surface area contributed by atoms with Crippen LogP contribution in [0.15, 0.2) is 12.1 Å². The van der Waals surface area contributed by atoms with E-state index in [9.17, 15) is 13.6 Å². The average molecular weight is 342 g/mol. The SMILES string of the molecule is CC1CCC(C(=O)Oc2cc(F)[c-]c(F)c2)CC1.[Y]. The summed E-state index contributed by atoms with van der Waals surface area (Å²) in [5.41, 5.74) is 0. The van der Waals surface area contributed by atoms with E-state index in [2.05, 4.69) is 6.92 Å². The van der Waals surface area contributed by atoms with Crippen LogP contribution in [0.4, 0.5) is 8.78 Å². The van der Waals surface area contributed by atoms with E-state index in [1.165, 1.54) is 0 Å². The minimum atomic E-state index is -0.866. The van der Waals surface area contributed by atoms with Crippen LogP contribution in [-0.4, -0.2) is 5.97 Å². The molecule has 1 aromatic carbocycles. The molecule has 0 saturated heterocycles. The van der Waals surface area contributed by atoms with Gasteiger partial charge in [0.15, 0.2) is 0 Å². The molecule has 0 unspecified atom stereocenters. The fourth-order valence-electron chi connectivity index (χ4n) is 2.23. The summed E-state index contributed by atoms with van der Waals surface area (Å²) in [6, 6.07) is 3.77. The third-order valence-corrected chi connectivity index (χ3v) is 3.34. The predicted molar refractivity (Wildman–Crippen MR) is 62.0 cm³/mol. The van der Waals surface area contributed by atoms with Crippen LogP contribution < -0.4 is 4.74 Å². The van der Waals surface area contributed by atoms with Crippen molar-refractivity contribution in [2.45, 2.75) is 32.6 Å². The summed E-state index contributed by atoms with van der Waals surface area (Å²) in [4.78, 5) is 11.8. The summed E-state index contributed by atoms with van der Waals surface area (Å²) in [5.74, 6) is -1.74. The molecule has 19 heavy (non-hydrogen) atoms. The van der Waals surface area contributed by atoms with E-state index in [-0.39, 0.29) is 44.4 Å². The molecule has 2 rings (SSSR count). The van der Waals surface area contributed by atoms with Crippen LogP contribution in [0.2, 0.25) is 0 Å². The van der Waals surface area contributed by atoms with Gasteiger partial charge >= 0.3 is 5.97 Å². The molecule has 1 radical (unpaired) electrons. The Labute approximate surface area is 136 Å². The van der Waals surface area contributed by atoms with Crippen molar-refractivity contribution in [3.63, 3.8) is 0 Å². The molecule has 101 valence electrons. The Morgan fingerprint density at radius 3 is 2.26 bits per heavy atom. The van der Waals surface area contributed by atoms with Crippen LogP contribution in [0.1, 0.15) is 32.6 Å².